The average Bonchev–Trinajstić information content (AvgIpc) is 3.32. The average molecular weight is 527 g/mol. The topological polar surface area (TPSA) is 68.0 Å². The first-order chi connectivity index (χ1) is 14.2. The number of hydrogen-bond donors (Lipinski definition) is 2. The third-order valence-electron chi connectivity index (χ3n) is 5.39. The predicted octanol–water partition coefficient (Wildman–Crippen LogP) is 4.39. The van der Waals surface area contributed by atoms with E-state index in [0.717, 1.165) is 62.2 Å². The van der Waals surface area contributed by atoms with Gasteiger partial charge in [0.1, 0.15) is 11.5 Å². The van der Waals surface area contributed by atoms with Crippen LogP contribution in [-0.4, -0.2) is 39.4 Å². The van der Waals surface area contributed by atoms with E-state index in [-0.39, 0.29) is 24.0 Å². The third kappa shape index (κ3) is 8.18. The number of nitrogens with zero attached hydrogens (tertiary/aromatic N) is 1. The smallest absolute Gasteiger partial charge is 0.191 e. The van der Waals surface area contributed by atoms with Gasteiger partial charge in [-0.1, -0.05) is 12.1 Å². The molecule has 1 aliphatic carbocycles. The molecule has 0 bridgehead atoms. The number of furan rings is 1. The van der Waals surface area contributed by atoms with Crippen LogP contribution < -0.4 is 15.4 Å². The van der Waals surface area contributed by atoms with E-state index in [2.05, 4.69) is 10.6 Å². The molecule has 3 rings (SSSR count). The number of halogens is 1. The second-order valence-corrected chi connectivity index (χ2v) is 7.57. The molecule has 1 aromatic heterocycles. The highest BCUT2D eigenvalue weighted by molar-refractivity contribution is 14.0. The summed E-state index contributed by atoms with van der Waals surface area (Å²) in [5.41, 5.74) is 1.51. The summed E-state index contributed by atoms with van der Waals surface area (Å²) in [6.07, 6.45) is 6.15. The van der Waals surface area contributed by atoms with E-state index in [9.17, 15) is 0 Å². The van der Waals surface area contributed by atoms with Gasteiger partial charge in [-0.05, 0) is 61.4 Å². The monoisotopic (exact) mass is 527 g/mol. The number of guanidine groups is 1. The number of rotatable bonds is 12. The Hall–Kier alpha value is -1.74. The fourth-order valence-corrected chi connectivity index (χ4v) is 3.23. The molecule has 166 valence electrons. The van der Waals surface area contributed by atoms with Gasteiger partial charge < -0.3 is 24.5 Å². The van der Waals surface area contributed by atoms with E-state index in [1.54, 1.807) is 13.4 Å². The molecule has 0 saturated heterocycles. The van der Waals surface area contributed by atoms with E-state index >= 15 is 0 Å². The van der Waals surface area contributed by atoms with E-state index < -0.39 is 0 Å². The van der Waals surface area contributed by atoms with E-state index in [1.165, 1.54) is 12.8 Å². The molecular formula is C23H34IN3O3. The summed E-state index contributed by atoms with van der Waals surface area (Å²) < 4.78 is 16.2. The van der Waals surface area contributed by atoms with Crippen molar-refractivity contribution in [3.05, 3.63) is 54.0 Å². The van der Waals surface area contributed by atoms with Gasteiger partial charge in [0, 0.05) is 32.7 Å². The fraction of sp³-hybridized carbons (Fsp3) is 0.522. The number of benzene rings is 1. The molecule has 1 fully saturated rings. The van der Waals surface area contributed by atoms with E-state index in [4.69, 9.17) is 18.9 Å². The molecule has 0 spiro atoms. The molecule has 0 amide bonds. The van der Waals surface area contributed by atoms with Crippen LogP contribution in [0.3, 0.4) is 0 Å². The summed E-state index contributed by atoms with van der Waals surface area (Å²) in [5.74, 6) is 2.68. The fourth-order valence-electron chi connectivity index (χ4n) is 3.23. The van der Waals surface area contributed by atoms with Crippen molar-refractivity contribution in [3.8, 4) is 5.75 Å². The van der Waals surface area contributed by atoms with Gasteiger partial charge in [0.05, 0.1) is 19.9 Å². The number of methoxy groups -OCH3 is 1. The largest absolute Gasteiger partial charge is 0.497 e. The lowest BCUT2D eigenvalue weighted by molar-refractivity contribution is 0.128. The summed E-state index contributed by atoms with van der Waals surface area (Å²) in [4.78, 5) is 4.79. The Bertz CT molecular complexity index is 744. The number of hydrogen-bond acceptors (Lipinski definition) is 4. The van der Waals surface area contributed by atoms with Crippen LogP contribution in [0.1, 0.15) is 37.5 Å². The maximum Gasteiger partial charge on any atom is 0.191 e. The molecule has 2 N–H and O–H groups in total. The zero-order chi connectivity index (χ0) is 20.4. The highest BCUT2D eigenvalue weighted by atomic mass is 127. The molecule has 0 atom stereocenters. The lowest BCUT2D eigenvalue weighted by atomic mass is 10.0. The predicted molar refractivity (Wildman–Crippen MR) is 131 cm³/mol. The maximum absolute atomic E-state index is 5.55. The normalized spacial score (nSPS) is 14.7. The Morgan fingerprint density at radius 2 is 1.97 bits per heavy atom. The molecule has 7 heteroatoms. The first kappa shape index (κ1) is 24.5. The van der Waals surface area contributed by atoms with Crippen LogP contribution in [0.25, 0.3) is 0 Å². The van der Waals surface area contributed by atoms with Gasteiger partial charge in [0.15, 0.2) is 5.96 Å². The third-order valence-corrected chi connectivity index (χ3v) is 5.39. The second-order valence-electron chi connectivity index (χ2n) is 7.57. The molecule has 2 aromatic rings. The van der Waals surface area contributed by atoms with Crippen LogP contribution in [-0.2, 0) is 17.7 Å². The van der Waals surface area contributed by atoms with Crippen molar-refractivity contribution in [1.82, 2.24) is 10.6 Å². The lowest BCUT2D eigenvalue weighted by Crippen LogP contribution is -2.41. The molecule has 30 heavy (non-hydrogen) atoms. The standard InChI is InChI=1S/C23H33N3O3.HI/c1-3-28-16-13-23(11-12-23)18-26-22(24-14-10-21-5-4-15-29-21)25-17-19-6-8-20(27-2)9-7-19;/h4-9,15H,3,10-14,16-18H2,1-2H3,(H2,24,25,26);1H. The minimum atomic E-state index is 0. The van der Waals surface area contributed by atoms with Crippen molar-refractivity contribution in [1.29, 1.82) is 0 Å². The van der Waals surface area contributed by atoms with Gasteiger partial charge in [-0.2, -0.15) is 0 Å². The molecule has 0 unspecified atom stereocenters. The van der Waals surface area contributed by atoms with Crippen LogP contribution in [0.15, 0.2) is 52.1 Å². The van der Waals surface area contributed by atoms with Gasteiger partial charge in [0.25, 0.3) is 0 Å². The summed E-state index contributed by atoms with van der Waals surface area (Å²) in [6.45, 7) is 5.98. The van der Waals surface area contributed by atoms with Crippen molar-refractivity contribution in [2.24, 2.45) is 10.4 Å². The number of nitrogens with one attached hydrogen (secondary N) is 2. The van der Waals surface area contributed by atoms with Gasteiger partial charge in [-0.25, -0.2) is 4.99 Å². The molecule has 1 saturated carbocycles. The maximum atomic E-state index is 5.55. The Labute approximate surface area is 196 Å². The first-order valence-electron chi connectivity index (χ1n) is 10.5. The van der Waals surface area contributed by atoms with Gasteiger partial charge in [0.2, 0.25) is 0 Å². The van der Waals surface area contributed by atoms with Crippen LogP contribution in [0.2, 0.25) is 0 Å². The summed E-state index contributed by atoms with van der Waals surface area (Å²) in [6, 6.07) is 11.9. The molecule has 0 radical (unpaired) electrons. The van der Waals surface area contributed by atoms with Crippen LogP contribution in [0.5, 0.6) is 5.75 Å². The summed E-state index contributed by atoms with van der Waals surface area (Å²) in [5, 5.41) is 6.99. The number of ether oxygens (including phenoxy) is 2. The summed E-state index contributed by atoms with van der Waals surface area (Å²) >= 11 is 0. The minimum absolute atomic E-state index is 0. The van der Waals surface area contributed by atoms with Crippen LogP contribution in [0, 0.1) is 5.41 Å². The first-order valence-corrected chi connectivity index (χ1v) is 10.5. The van der Waals surface area contributed by atoms with Crippen molar-refractivity contribution < 1.29 is 13.9 Å². The van der Waals surface area contributed by atoms with E-state index in [1.807, 2.05) is 43.3 Å². The highest BCUT2D eigenvalue weighted by Crippen LogP contribution is 2.48. The lowest BCUT2D eigenvalue weighted by Gasteiger charge is -2.19. The zero-order valence-electron chi connectivity index (χ0n) is 18.0. The SMILES string of the molecule is CCOCCC1(CNC(=NCc2ccc(OC)cc2)NCCc2ccco2)CC1.I. The van der Waals surface area contributed by atoms with Crippen LogP contribution >= 0.6 is 24.0 Å². The van der Waals surface area contributed by atoms with Gasteiger partial charge in [-0.15, -0.1) is 24.0 Å². The molecule has 1 aliphatic rings. The van der Waals surface area contributed by atoms with E-state index in [0.29, 0.717) is 12.0 Å². The van der Waals surface area contributed by atoms with Crippen molar-refractivity contribution in [2.45, 2.75) is 39.2 Å². The van der Waals surface area contributed by atoms with Crippen LogP contribution in [0.4, 0.5) is 0 Å². The summed E-state index contributed by atoms with van der Waals surface area (Å²) in [7, 11) is 1.68. The highest BCUT2D eigenvalue weighted by Gasteiger charge is 2.41. The Balaban J connectivity index is 0.00000320. The quantitative estimate of drug-likeness (QED) is 0.186. The second kappa shape index (κ2) is 12.8. The Kier molecular flexibility index (Phi) is 10.5. The molecule has 6 nitrogen and oxygen atoms in total. The van der Waals surface area contributed by atoms with Crippen molar-refractivity contribution in [3.63, 3.8) is 0 Å². The molecule has 1 heterocycles. The molecule has 1 aromatic carbocycles. The zero-order valence-corrected chi connectivity index (χ0v) is 20.3. The van der Waals surface area contributed by atoms with Gasteiger partial charge in [-0.3, -0.25) is 0 Å². The minimum Gasteiger partial charge on any atom is -0.497 e. The molecule has 0 aliphatic heterocycles. The van der Waals surface area contributed by atoms with Crippen molar-refractivity contribution in [2.75, 3.05) is 33.4 Å². The molecular weight excluding hydrogens is 493 g/mol. The Morgan fingerprint density at radius 3 is 2.60 bits per heavy atom. The Morgan fingerprint density at radius 1 is 1.17 bits per heavy atom. The number of aliphatic imine (C=N–C) groups is 1. The van der Waals surface area contributed by atoms with Crippen molar-refractivity contribution >= 4 is 29.9 Å². The van der Waals surface area contributed by atoms with Gasteiger partial charge >= 0.3 is 0 Å².